The molecule has 0 aliphatic carbocycles. The van der Waals surface area contributed by atoms with Crippen molar-refractivity contribution in [1.29, 1.82) is 0 Å². The molecule has 28 heavy (non-hydrogen) atoms. The van der Waals surface area contributed by atoms with Crippen LogP contribution in [-0.2, 0) is 16.4 Å². The Kier molecular flexibility index (Phi) is 5.07. The Balaban J connectivity index is 1.64. The molecule has 1 saturated heterocycles. The minimum atomic E-state index is -3.05. The van der Waals surface area contributed by atoms with Gasteiger partial charge in [0.25, 0.3) is 5.91 Å². The zero-order valence-electron chi connectivity index (χ0n) is 15.5. The molecule has 0 spiro atoms. The van der Waals surface area contributed by atoms with Crippen molar-refractivity contribution >= 4 is 27.1 Å². The van der Waals surface area contributed by atoms with Crippen molar-refractivity contribution in [1.82, 2.24) is 14.7 Å². The summed E-state index contributed by atoms with van der Waals surface area (Å²) in [6.45, 7) is 0.485. The third-order valence-corrected chi connectivity index (χ3v) is 7.53. The van der Waals surface area contributed by atoms with E-state index in [0.717, 1.165) is 16.1 Å². The zero-order valence-corrected chi connectivity index (χ0v) is 17.1. The van der Waals surface area contributed by atoms with E-state index < -0.39 is 9.84 Å². The molecule has 0 N–H and O–H groups in total. The van der Waals surface area contributed by atoms with Gasteiger partial charge in [0.05, 0.1) is 28.1 Å². The Bertz CT molecular complexity index is 1070. The number of hydrogen-bond donors (Lipinski definition) is 0. The number of carbonyl (C=O) groups is 1. The van der Waals surface area contributed by atoms with Crippen LogP contribution in [0.5, 0.6) is 0 Å². The summed E-state index contributed by atoms with van der Waals surface area (Å²) in [5.74, 6) is 0.0559. The molecule has 1 aliphatic rings. The standard InChI is InChI=1S/C20H21N3O3S2/c1-22(13-15-6-3-2-4-7-15)20(24)17-12-18(19-8-5-10-27-19)23(21-17)16-9-11-28(25,26)14-16/h2-8,10,12,16H,9,11,13-14H2,1H3/t16-/m1/s1. The third-order valence-electron chi connectivity index (χ3n) is 4.89. The van der Waals surface area contributed by atoms with Gasteiger partial charge >= 0.3 is 0 Å². The van der Waals surface area contributed by atoms with Crippen molar-refractivity contribution in [2.45, 2.75) is 19.0 Å². The summed E-state index contributed by atoms with van der Waals surface area (Å²) < 4.78 is 25.6. The maximum Gasteiger partial charge on any atom is 0.274 e. The molecule has 0 saturated carbocycles. The van der Waals surface area contributed by atoms with Crippen LogP contribution in [0.1, 0.15) is 28.5 Å². The molecule has 4 rings (SSSR count). The average molecular weight is 416 g/mol. The molecule has 1 amide bonds. The molecule has 6 nitrogen and oxygen atoms in total. The number of thiophene rings is 1. The van der Waals surface area contributed by atoms with Gasteiger partial charge in [-0.3, -0.25) is 9.48 Å². The van der Waals surface area contributed by atoms with Gasteiger partial charge in [-0.05, 0) is 29.5 Å². The van der Waals surface area contributed by atoms with Gasteiger partial charge in [-0.15, -0.1) is 11.3 Å². The molecule has 1 atom stereocenters. The smallest absolute Gasteiger partial charge is 0.274 e. The monoisotopic (exact) mass is 415 g/mol. The van der Waals surface area contributed by atoms with E-state index in [9.17, 15) is 13.2 Å². The number of carbonyl (C=O) groups excluding carboxylic acids is 1. The highest BCUT2D eigenvalue weighted by Crippen LogP contribution is 2.32. The summed E-state index contributed by atoms with van der Waals surface area (Å²) in [6.07, 6.45) is 0.524. The lowest BCUT2D eigenvalue weighted by Gasteiger charge is -2.16. The maximum absolute atomic E-state index is 13.0. The van der Waals surface area contributed by atoms with Crippen LogP contribution in [0, 0.1) is 0 Å². The fourth-order valence-corrected chi connectivity index (χ4v) is 5.90. The van der Waals surface area contributed by atoms with Crippen molar-refractivity contribution in [2.75, 3.05) is 18.6 Å². The molecular weight excluding hydrogens is 394 g/mol. The number of aromatic nitrogens is 2. The van der Waals surface area contributed by atoms with Crippen molar-refractivity contribution in [3.05, 3.63) is 65.2 Å². The Morgan fingerprint density at radius 3 is 2.68 bits per heavy atom. The highest BCUT2D eigenvalue weighted by atomic mass is 32.2. The van der Waals surface area contributed by atoms with Crippen LogP contribution in [-0.4, -0.2) is 47.6 Å². The van der Waals surface area contributed by atoms with Crippen LogP contribution < -0.4 is 0 Å². The summed E-state index contributed by atoms with van der Waals surface area (Å²) in [6, 6.07) is 15.2. The van der Waals surface area contributed by atoms with Gasteiger partial charge in [-0.2, -0.15) is 5.10 Å². The lowest BCUT2D eigenvalue weighted by atomic mass is 10.2. The van der Waals surface area contributed by atoms with Gasteiger partial charge in [0.15, 0.2) is 15.5 Å². The van der Waals surface area contributed by atoms with Crippen molar-refractivity contribution in [3.63, 3.8) is 0 Å². The lowest BCUT2D eigenvalue weighted by molar-refractivity contribution is 0.0778. The van der Waals surface area contributed by atoms with E-state index >= 15 is 0 Å². The van der Waals surface area contributed by atoms with Gasteiger partial charge in [-0.1, -0.05) is 36.4 Å². The van der Waals surface area contributed by atoms with Crippen LogP contribution >= 0.6 is 11.3 Å². The lowest BCUT2D eigenvalue weighted by Crippen LogP contribution is -2.27. The average Bonchev–Trinajstić information content (AvgIpc) is 3.40. The molecule has 2 aromatic heterocycles. The van der Waals surface area contributed by atoms with E-state index in [1.165, 1.54) is 0 Å². The molecule has 1 aromatic carbocycles. The van der Waals surface area contributed by atoms with Gasteiger partial charge < -0.3 is 4.90 Å². The summed E-state index contributed by atoms with van der Waals surface area (Å²) in [5.41, 5.74) is 2.18. The highest BCUT2D eigenvalue weighted by Gasteiger charge is 2.32. The SMILES string of the molecule is CN(Cc1ccccc1)C(=O)c1cc(-c2cccs2)n([C@@H]2CCS(=O)(=O)C2)n1. The number of sulfone groups is 1. The largest absolute Gasteiger partial charge is 0.336 e. The van der Waals surface area contributed by atoms with E-state index in [2.05, 4.69) is 5.10 Å². The van der Waals surface area contributed by atoms with Gasteiger partial charge in [0.2, 0.25) is 0 Å². The fraction of sp³-hybridized carbons (Fsp3) is 0.300. The molecule has 0 radical (unpaired) electrons. The van der Waals surface area contributed by atoms with E-state index in [-0.39, 0.29) is 23.5 Å². The van der Waals surface area contributed by atoms with Crippen LogP contribution in [0.15, 0.2) is 53.9 Å². The summed E-state index contributed by atoms with van der Waals surface area (Å²) in [4.78, 5) is 15.6. The predicted molar refractivity (Wildman–Crippen MR) is 110 cm³/mol. The molecule has 146 valence electrons. The van der Waals surface area contributed by atoms with Crippen LogP contribution in [0.2, 0.25) is 0 Å². The summed E-state index contributed by atoms with van der Waals surface area (Å²) in [7, 11) is -1.30. The number of amides is 1. The molecule has 1 aliphatic heterocycles. The van der Waals surface area contributed by atoms with E-state index in [1.54, 1.807) is 34.0 Å². The van der Waals surface area contributed by atoms with Crippen LogP contribution in [0.25, 0.3) is 10.6 Å². The fourth-order valence-electron chi connectivity index (χ4n) is 3.48. The van der Waals surface area contributed by atoms with E-state index in [0.29, 0.717) is 18.7 Å². The topological polar surface area (TPSA) is 72.3 Å². The molecule has 3 heterocycles. The van der Waals surface area contributed by atoms with Gasteiger partial charge in [-0.25, -0.2) is 8.42 Å². The molecule has 0 bridgehead atoms. The first-order valence-corrected chi connectivity index (χ1v) is 11.8. The number of hydrogen-bond acceptors (Lipinski definition) is 5. The van der Waals surface area contributed by atoms with Gasteiger partial charge in [0, 0.05) is 13.6 Å². The first-order valence-electron chi connectivity index (χ1n) is 9.06. The molecule has 3 aromatic rings. The second kappa shape index (κ2) is 7.52. The maximum atomic E-state index is 13.0. The number of rotatable bonds is 5. The first kappa shape index (κ1) is 18.9. The molecular formula is C20H21N3O3S2. The van der Waals surface area contributed by atoms with Gasteiger partial charge in [0.1, 0.15) is 0 Å². The first-order chi connectivity index (χ1) is 13.4. The van der Waals surface area contributed by atoms with Crippen molar-refractivity contribution in [2.24, 2.45) is 0 Å². The van der Waals surface area contributed by atoms with Crippen LogP contribution in [0.3, 0.4) is 0 Å². The zero-order chi connectivity index (χ0) is 19.7. The second-order valence-corrected chi connectivity index (χ2v) is 10.2. The number of nitrogens with zero attached hydrogens (tertiary/aromatic N) is 3. The second-order valence-electron chi connectivity index (χ2n) is 7.04. The minimum absolute atomic E-state index is 0.0700. The quantitative estimate of drug-likeness (QED) is 0.641. The Morgan fingerprint density at radius 1 is 1.25 bits per heavy atom. The van der Waals surface area contributed by atoms with E-state index in [1.807, 2.05) is 47.8 Å². The number of benzene rings is 1. The van der Waals surface area contributed by atoms with E-state index in [4.69, 9.17) is 0 Å². The highest BCUT2D eigenvalue weighted by molar-refractivity contribution is 7.91. The Labute approximate surface area is 168 Å². The summed E-state index contributed by atoms with van der Waals surface area (Å²) >= 11 is 1.55. The van der Waals surface area contributed by atoms with Crippen LogP contribution in [0.4, 0.5) is 0 Å². The minimum Gasteiger partial charge on any atom is -0.336 e. The summed E-state index contributed by atoms with van der Waals surface area (Å²) in [5, 5.41) is 6.50. The predicted octanol–water partition coefficient (Wildman–Crippen LogP) is 3.24. The molecule has 1 fully saturated rings. The third kappa shape index (κ3) is 3.88. The molecule has 0 unspecified atom stereocenters. The Hall–Kier alpha value is -2.45. The van der Waals surface area contributed by atoms with Crippen molar-refractivity contribution in [3.8, 4) is 10.6 Å². The van der Waals surface area contributed by atoms with Crippen molar-refractivity contribution < 1.29 is 13.2 Å². The molecule has 8 heteroatoms. The normalized spacial score (nSPS) is 18.2. The Morgan fingerprint density at radius 2 is 2.04 bits per heavy atom.